The van der Waals surface area contributed by atoms with Gasteiger partial charge in [0, 0.05) is 29.2 Å². The van der Waals surface area contributed by atoms with Gasteiger partial charge < -0.3 is 34.5 Å². The first kappa shape index (κ1) is 53.1. The van der Waals surface area contributed by atoms with Gasteiger partial charge in [-0.1, -0.05) is 117 Å². The fraction of sp³-hybridized carbons (Fsp3) is 0.364. The van der Waals surface area contributed by atoms with Crippen molar-refractivity contribution < 1.29 is 53.5 Å². The summed E-state index contributed by atoms with van der Waals surface area (Å²) in [4.78, 5) is 36.0. The van der Waals surface area contributed by atoms with Crippen molar-refractivity contribution in [2.75, 3.05) is 5.32 Å². The Hall–Kier alpha value is -3.95. The van der Waals surface area contributed by atoms with E-state index in [2.05, 4.69) is 27.7 Å². The van der Waals surface area contributed by atoms with Crippen LogP contribution in [0, 0.1) is 0 Å². The molecule has 0 aliphatic heterocycles. The predicted molar refractivity (Wildman–Crippen MR) is 225 cm³/mol. The number of carboxylic acid groups (broad SMARTS) is 2. The van der Waals surface area contributed by atoms with E-state index in [9.17, 15) is 29.7 Å². The molecule has 0 bridgehead atoms. The molecule has 0 radical (unpaired) electrons. The van der Waals surface area contributed by atoms with Gasteiger partial charge in [-0.2, -0.15) is 0 Å². The molecular formula is C44H53Cl3N2O7Zn. The zero-order valence-corrected chi connectivity index (χ0v) is 37.8. The smallest absolute Gasteiger partial charge is 0.550 e. The van der Waals surface area contributed by atoms with Crippen LogP contribution in [-0.4, -0.2) is 27.9 Å². The summed E-state index contributed by atoms with van der Waals surface area (Å²) in [6, 6.07) is 21.0. The second-order valence-electron chi connectivity index (χ2n) is 12.6. The molecule has 0 saturated heterocycles. The second kappa shape index (κ2) is 34.1. The van der Waals surface area contributed by atoms with Crippen LogP contribution in [0.5, 0.6) is 11.5 Å². The summed E-state index contributed by atoms with van der Waals surface area (Å²) in [5.41, 5.74) is 1.55. The van der Waals surface area contributed by atoms with Gasteiger partial charge in [0.15, 0.2) is 11.5 Å². The third-order valence-corrected chi connectivity index (χ3v) is 8.86. The Balaban J connectivity index is 0.000000736. The normalized spacial score (nSPS) is 9.81. The molecule has 0 spiro atoms. The van der Waals surface area contributed by atoms with Crippen LogP contribution in [0.15, 0.2) is 104 Å². The third kappa shape index (κ3) is 25.1. The molecule has 0 aliphatic carbocycles. The Morgan fingerprint density at radius 3 is 1.70 bits per heavy atom. The van der Waals surface area contributed by atoms with E-state index in [-0.39, 0.29) is 49.0 Å². The quantitative estimate of drug-likeness (QED) is 0.0476. The van der Waals surface area contributed by atoms with Crippen molar-refractivity contribution in [3.05, 3.63) is 120 Å². The van der Waals surface area contributed by atoms with Crippen LogP contribution in [0.3, 0.4) is 0 Å². The molecule has 2 N–H and O–H groups in total. The number of carbonyl (C=O) groups excluding carboxylic acids is 3. The number of hydrogen-bond donors (Lipinski definition) is 2. The fourth-order valence-corrected chi connectivity index (χ4v) is 5.78. The van der Waals surface area contributed by atoms with Crippen LogP contribution >= 0.6 is 35.1 Å². The van der Waals surface area contributed by atoms with Gasteiger partial charge in [0.25, 0.3) is 5.91 Å². The molecule has 9 nitrogen and oxygen atoms in total. The number of carboxylic acids is 2. The molecule has 1 heterocycles. The molecule has 57 heavy (non-hydrogen) atoms. The summed E-state index contributed by atoms with van der Waals surface area (Å²) in [5, 5.41) is 33.8. The van der Waals surface area contributed by atoms with E-state index in [1.165, 1.54) is 44.6 Å². The Morgan fingerprint density at radius 1 is 0.702 bits per heavy atom. The molecule has 4 aromatic rings. The fourth-order valence-electron chi connectivity index (χ4n) is 5.13. The van der Waals surface area contributed by atoms with E-state index in [1.54, 1.807) is 42.6 Å². The number of allylic oxidation sites excluding steroid dienone is 2. The summed E-state index contributed by atoms with van der Waals surface area (Å²) < 4.78 is 4.62. The molecule has 1 aromatic heterocycles. The minimum atomic E-state index is -0.924. The van der Waals surface area contributed by atoms with Gasteiger partial charge in [-0.3, -0.25) is 9.78 Å². The molecule has 0 saturated carbocycles. The molecule has 0 aliphatic rings. The van der Waals surface area contributed by atoms with Gasteiger partial charge in [-0.15, -0.1) is 13.2 Å². The van der Waals surface area contributed by atoms with Gasteiger partial charge >= 0.3 is 19.5 Å². The Bertz CT molecular complexity index is 1710. The number of rotatable bonds is 21. The zero-order valence-electron chi connectivity index (χ0n) is 32.6. The standard InChI is InChI=1S/C13H10ClNO2.2C11H20O2.C9H5Cl2NO.Zn/c14-17-12-9-5-4-8-11(12)13(16)15-10-6-2-1-3-7-10;2*1-2-3-4-5-6-7-8-9-10-11(12)13;10-6-4-7(11)9(13)8-5(6)2-1-3-12-8;/h1-9H,(H,15,16);2*2H,1,3-10H2,(H,12,13);1-4,13H;/q;;;;+2/p-2. The third-order valence-electron chi connectivity index (χ3n) is 8.09. The Kier molecular flexibility index (Phi) is 31.8. The number of phenols is 1. The minimum absolute atomic E-state index is 0. The number of halogens is 3. The van der Waals surface area contributed by atoms with Gasteiger partial charge in [-0.25, -0.2) is 0 Å². The molecule has 4 rings (SSSR count). The van der Waals surface area contributed by atoms with Crippen molar-refractivity contribution in [3.8, 4) is 11.5 Å². The van der Waals surface area contributed by atoms with Crippen molar-refractivity contribution >= 4 is 69.5 Å². The predicted octanol–water partition coefficient (Wildman–Crippen LogP) is 10.8. The van der Waals surface area contributed by atoms with E-state index in [0.29, 0.717) is 27.2 Å². The molecule has 1 amide bonds. The number of fused-ring (bicyclic) bond motifs is 1. The number of benzene rings is 3. The van der Waals surface area contributed by atoms with Crippen LogP contribution in [0.4, 0.5) is 5.69 Å². The van der Waals surface area contributed by atoms with Gasteiger partial charge in [0.05, 0.1) is 15.6 Å². The summed E-state index contributed by atoms with van der Waals surface area (Å²) in [6.07, 6.45) is 21.2. The van der Waals surface area contributed by atoms with Crippen LogP contribution in [0.25, 0.3) is 10.9 Å². The van der Waals surface area contributed by atoms with Crippen LogP contribution in [-0.2, 0) is 29.1 Å². The molecule has 0 unspecified atom stereocenters. The number of aromatic hydroxyl groups is 1. The van der Waals surface area contributed by atoms with Crippen molar-refractivity contribution in [2.45, 2.75) is 103 Å². The second-order valence-corrected chi connectivity index (χ2v) is 13.6. The number of aromatic nitrogens is 1. The summed E-state index contributed by atoms with van der Waals surface area (Å²) in [6.45, 7) is 7.31. The van der Waals surface area contributed by atoms with Crippen molar-refractivity contribution in [1.29, 1.82) is 0 Å². The minimum Gasteiger partial charge on any atom is -0.550 e. The summed E-state index contributed by atoms with van der Waals surface area (Å²) in [7, 11) is 0. The number of anilines is 1. The van der Waals surface area contributed by atoms with E-state index in [4.69, 9.17) is 35.1 Å². The maximum Gasteiger partial charge on any atom is 2.00 e. The summed E-state index contributed by atoms with van der Waals surface area (Å²) in [5.74, 6) is -1.80. The first-order valence-corrected chi connectivity index (χ1v) is 19.9. The van der Waals surface area contributed by atoms with E-state index >= 15 is 0 Å². The van der Waals surface area contributed by atoms with Crippen LogP contribution in [0.2, 0.25) is 10.0 Å². The number of phenolic OH excluding ortho intramolecular Hbond substituents is 1. The molecule has 304 valence electrons. The van der Waals surface area contributed by atoms with Crippen LogP contribution < -0.4 is 19.8 Å². The SMILES string of the molecule is C=CCCCCCCCCC(=O)[O-].C=CCCCCCCCCC(=O)[O-].O=C(Nc1ccccc1)c1ccccc1OCl.Oc1c(Cl)cc(Cl)c2cccnc12.[Zn+2]. The number of nitrogens with one attached hydrogen (secondary N) is 1. The van der Waals surface area contributed by atoms with Crippen molar-refractivity contribution in [3.63, 3.8) is 0 Å². The first-order valence-electron chi connectivity index (χ1n) is 18.8. The van der Waals surface area contributed by atoms with Crippen molar-refractivity contribution in [1.82, 2.24) is 4.98 Å². The summed E-state index contributed by atoms with van der Waals surface area (Å²) >= 11 is 16.9. The van der Waals surface area contributed by atoms with Gasteiger partial charge in [0.1, 0.15) is 17.4 Å². The number of unbranched alkanes of at least 4 members (excludes halogenated alkanes) is 12. The maximum absolute atomic E-state index is 11.9. The first-order chi connectivity index (χ1) is 27.0. The average Bonchev–Trinajstić information content (AvgIpc) is 3.20. The molecule has 0 fully saturated rings. The van der Waals surface area contributed by atoms with E-state index in [0.717, 1.165) is 57.1 Å². The van der Waals surface area contributed by atoms with E-state index in [1.807, 2.05) is 42.5 Å². The maximum atomic E-state index is 11.9. The number of pyridine rings is 1. The topological polar surface area (TPSA) is 152 Å². The van der Waals surface area contributed by atoms with E-state index < -0.39 is 11.9 Å². The van der Waals surface area contributed by atoms with Gasteiger partial charge in [0.2, 0.25) is 0 Å². The number of amides is 1. The molecule has 13 heteroatoms. The number of aliphatic carboxylic acids is 2. The Labute approximate surface area is 365 Å². The monoisotopic (exact) mass is 890 g/mol. The average molecular weight is 894 g/mol. The number of hydrogen-bond acceptors (Lipinski definition) is 8. The zero-order chi connectivity index (χ0) is 41.4. The molecule has 3 aromatic carbocycles. The number of carbonyl (C=O) groups is 3. The number of nitrogens with zero attached hydrogens (tertiary/aromatic N) is 1. The molecule has 0 atom stereocenters. The Morgan fingerprint density at radius 2 is 1.19 bits per heavy atom. The van der Waals surface area contributed by atoms with Gasteiger partial charge in [-0.05, 0) is 93.8 Å². The van der Waals surface area contributed by atoms with Crippen molar-refractivity contribution in [2.24, 2.45) is 0 Å². The molecular weight excluding hydrogens is 840 g/mol. The number of para-hydroxylation sites is 2. The van der Waals surface area contributed by atoms with Crippen LogP contribution in [0.1, 0.15) is 113 Å². The largest absolute Gasteiger partial charge is 2.00 e.